The van der Waals surface area contributed by atoms with E-state index in [1.807, 2.05) is 0 Å². The number of halogens is 1. The molecule has 0 bridgehead atoms. The van der Waals surface area contributed by atoms with Gasteiger partial charge in [0.05, 0.1) is 13.7 Å². The fraction of sp³-hybridized carbons (Fsp3) is 0.308. The van der Waals surface area contributed by atoms with Gasteiger partial charge in [0.15, 0.2) is 11.6 Å². The minimum Gasteiger partial charge on any atom is -0.494 e. The third-order valence-electron chi connectivity index (χ3n) is 2.23. The first-order chi connectivity index (χ1) is 8.08. The number of benzene rings is 1. The first kappa shape index (κ1) is 13.2. The molecule has 0 aromatic heterocycles. The normalized spacial score (nSPS) is 11.2. The molecule has 3 nitrogen and oxygen atoms in total. The second kappa shape index (κ2) is 6.03. The lowest BCUT2D eigenvalue weighted by Gasteiger charge is -2.05. The minimum atomic E-state index is -0.457. The Hall–Kier alpha value is -1.84. The molecular formula is C13H15FO3. The van der Waals surface area contributed by atoms with E-state index in [4.69, 9.17) is 9.47 Å². The van der Waals surface area contributed by atoms with Crippen LogP contribution in [0.4, 0.5) is 4.39 Å². The molecule has 0 unspecified atom stereocenters. The summed E-state index contributed by atoms with van der Waals surface area (Å²) in [5.41, 5.74) is 1.27. The number of rotatable bonds is 4. The Morgan fingerprint density at radius 3 is 2.71 bits per heavy atom. The van der Waals surface area contributed by atoms with Crippen LogP contribution in [0, 0.1) is 5.82 Å². The van der Waals surface area contributed by atoms with Crippen molar-refractivity contribution in [1.29, 1.82) is 0 Å². The summed E-state index contributed by atoms with van der Waals surface area (Å²) in [4.78, 5) is 11.2. The van der Waals surface area contributed by atoms with Crippen molar-refractivity contribution < 1.29 is 18.7 Å². The van der Waals surface area contributed by atoms with Gasteiger partial charge in [0, 0.05) is 6.08 Å². The van der Waals surface area contributed by atoms with Crippen LogP contribution in [0.15, 0.2) is 24.3 Å². The van der Waals surface area contributed by atoms with Crippen molar-refractivity contribution in [1.82, 2.24) is 0 Å². The first-order valence-corrected chi connectivity index (χ1v) is 5.27. The largest absolute Gasteiger partial charge is 0.494 e. The van der Waals surface area contributed by atoms with E-state index in [2.05, 4.69) is 0 Å². The second-order valence-electron chi connectivity index (χ2n) is 3.43. The van der Waals surface area contributed by atoms with Gasteiger partial charge in [-0.15, -0.1) is 0 Å². The predicted molar refractivity (Wildman–Crippen MR) is 63.2 cm³/mol. The van der Waals surface area contributed by atoms with Crippen LogP contribution in [0.25, 0.3) is 5.57 Å². The lowest BCUT2D eigenvalue weighted by molar-refractivity contribution is -0.137. The molecule has 1 aromatic carbocycles. The highest BCUT2D eigenvalue weighted by molar-refractivity contribution is 5.90. The van der Waals surface area contributed by atoms with Gasteiger partial charge in [-0.05, 0) is 37.1 Å². The predicted octanol–water partition coefficient (Wildman–Crippen LogP) is 2.80. The summed E-state index contributed by atoms with van der Waals surface area (Å²) in [6, 6.07) is 4.53. The molecule has 1 rings (SSSR count). The molecule has 92 valence electrons. The third kappa shape index (κ3) is 3.59. The van der Waals surface area contributed by atoms with E-state index in [1.54, 1.807) is 19.9 Å². The molecule has 0 saturated heterocycles. The molecule has 1 aromatic rings. The number of esters is 1. The molecule has 0 radical (unpaired) electrons. The highest BCUT2D eigenvalue weighted by Gasteiger charge is 2.06. The summed E-state index contributed by atoms with van der Waals surface area (Å²) >= 11 is 0. The third-order valence-corrected chi connectivity index (χ3v) is 2.23. The van der Waals surface area contributed by atoms with Crippen LogP contribution in [0.5, 0.6) is 5.75 Å². The van der Waals surface area contributed by atoms with Crippen molar-refractivity contribution in [3.63, 3.8) is 0 Å². The fourth-order valence-electron chi connectivity index (χ4n) is 1.36. The Balaban J connectivity index is 2.93. The smallest absolute Gasteiger partial charge is 0.331 e. The second-order valence-corrected chi connectivity index (χ2v) is 3.43. The molecule has 0 spiro atoms. The Bertz CT molecular complexity index is 438. The van der Waals surface area contributed by atoms with Gasteiger partial charge in [0.25, 0.3) is 0 Å². The number of ether oxygens (including phenoxy) is 2. The number of carbonyl (C=O) groups excluding carboxylic acids is 1. The molecule has 0 N–H and O–H groups in total. The maximum absolute atomic E-state index is 13.4. The standard InChI is InChI=1S/C13H15FO3/c1-4-17-13(15)7-9(2)10-5-6-12(16-3)11(14)8-10/h5-8H,4H2,1-3H3. The van der Waals surface area contributed by atoms with Crippen LogP contribution in [0.3, 0.4) is 0 Å². The molecule has 0 saturated carbocycles. The van der Waals surface area contributed by atoms with Crippen LogP contribution < -0.4 is 4.74 Å². The number of hydrogen-bond donors (Lipinski definition) is 0. The molecule has 0 fully saturated rings. The lowest BCUT2D eigenvalue weighted by atomic mass is 10.1. The van der Waals surface area contributed by atoms with Crippen LogP contribution in [0.2, 0.25) is 0 Å². The van der Waals surface area contributed by atoms with Crippen molar-refractivity contribution in [2.45, 2.75) is 13.8 Å². The Morgan fingerprint density at radius 1 is 1.47 bits per heavy atom. The van der Waals surface area contributed by atoms with Gasteiger partial charge in [-0.1, -0.05) is 6.07 Å². The molecule has 0 heterocycles. The van der Waals surface area contributed by atoms with Gasteiger partial charge < -0.3 is 9.47 Å². The van der Waals surface area contributed by atoms with Gasteiger partial charge in [0.1, 0.15) is 0 Å². The molecule has 0 amide bonds. The number of hydrogen-bond acceptors (Lipinski definition) is 3. The van der Waals surface area contributed by atoms with E-state index in [9.17, 15) is 9.18 Å². The zero-order valence-corrected chi connectivity index (χ0v) is 10.1. The first-order valence-electron chi connectivity index (χ1n) is 5.27. The van der Waals surface area contributed by atoms with E-state index >= 15 is 0 Å². The average Bonchev–Trinajstić information content (AvgIpc) is 2.29. The number of carbonyl (C=O) groups is 1. The van der Waals surface area contributed by atoms with E-state index in [1.165, 1.54) is 25.3 Å². The molecule has 0 aliphatic rings. The molecule has 0 aliphatic heterocycles. The highest BCUT2D eigenvalue weighted by Crippen LogP contribution is 2.22. The monoisotopic (exact) mass is 238 g/mol. The highest BCUT2D eigenvalue weighted by atomic mass is 19.1. The topological polar surface area (TPSA) is 35.5 Å². The minimum absolute atomic E-state index is 0.178. The number of methoxy groups -OCH3 is 1. The summed E-state index contributed by atoms with van der Waals surface area (Å²) in [5.74, 6) is -0.708. The quantitative estimate of drug-likeness (QED) is 0.597. The van der Waals surface area contributed by atoms with Crippen molar-refractivity contribution >= 4 is 11.5 Å². The Labute approximate surface area is 99.9 Å². The Morgan fingerprint density at radius 2 is 2.18 bits per heavy atom. The maximum atomic E-state index is 13.4. The summed E-state index contributed by atoms with van der Waals surface area (Å²) in [6.45, 7) is 3.77. The zero-order chi connectivity index (χ0) is 12.8. The van der Waals surface area contributed by atoms with E-state index in [-0.39, 0.29) is 5.75 Å². The van der Waals surface area contributed by atoms with Crippen LogP contribution >= 0.6 is 0 Å². The van der Waals surface area contributed by atoms with Crippen LogP contribution in [-0.2, 0) is 9.53 Å². The van der Waals surface area contributed by atoms with Crippen molar-refractivity contribution in [2.24, 2.45) is 0 Å². The summed E-state index contributed by atoms with van der Waals surface area (Å²) in [5, 5.41) is 0. The van der Waals surface area contributed by atoms with Gasteiger partial charge >= 0.3 is 5.97 Å². The van der Waals surface area contributed by atoms with E-state index in [0.717, 1.165) is 0 Å². The maximum Gasteiger partial charge on any atom is 0.331 e. The van der Waals surface area contributed by atoms with E-state index < -0.39 is 11.8 Å². The molecule has 0 atom stereocenters. The van der Waals surface area contributed by atoms with Gasteiger partial charge in [0.2, 0.25) is 0 Å². The molecule has 17 heavy (non-hydrogen) atoms. The average molecular weight is 238 g/mol. The summed E-state index contributed by atoms with van der Waals surface area (Å²) in [7, 11) is 1.40. The van der Waals surface area contributed by atoms with E-state index in [0.29, 0.717) is 17.7 Å². The molecular weight excluding hydrogens is 223 g/mol. The summed E-state index contributed by atoms with van der Waals surface area (Å²) < 4.78 is 23.0. The van der Waals surface area contributed by atoms with Crippen LogP contribution in [-0.4, -0.2) is 19.7 Å². The Kier molecular flexibility index (Phi) is 4.69. The number of allylic oxidation sites excluding steroid dienone is 1. The van der Waals surface area contributed by atoms with Crippen molar-refractivity contribution in [2.75, 3.05) is 13.7 Å². The van der Waals surface area contributed by atoms with Crippen molar-refractivity contribution in [3.05, 3.63) is 35.7 Å². The lowest BCUT2D eigenvalue weighted by Crippen LogP contribution is -2.00. The molecule has 0 aliphatic carbocycles. The van der Waals surface area contributed by atoms with Crippen LogP contribution in [0.1, 0.15) is 19.4 Å². The van der Waals surface area contributed by atoms with Gasteiger partial charge in [-0.3, -0.25) is 0 Å². The van der Waals surface area contributed by atoms with Crippen molar-refractivity contribution in [3.8, 4) is 5.75 Å². The van der Waals surface area contributed by atoms with Gasteiger partial charge in [-0.25, -0.2) is 9.18 Å². The van der Waals surface area contributed by atoms with Gasteiger partial charge in [-0.2, -0.15) is 0 Å². The SMILES string of the molecule is CCOC(=O)C=C(C)c1ccc(OC)c(F)c1. The zero-order valence-electron chi connectivity index (χ0n) is 10.1. The summed E-state index contributed by atoms with van der Waals surface area (Å²) in [6.07, 6.45) is 1.34. The fourth-order valence-corrected chi connectivity index (χ4v) is 1.36. The molecule has 4 heteroatoms.